The first-order valence-electron chi connectivity index (χ1n) is 5.87. The number of allylic oxidation sites excluding steroid dienone is 2. The first kappa shape index (κ1) is 12.8. The van der Waals surface area contributed by atoms with Crippen LogP contribution in [0.15, 0.2) is 70.8 Å². The number of nitrogens with zero attached hydrogens (tertiary/aromatic N) is 4. The van der Waals surface area contributed by atoms with Crippen LogP contribution in [0, 0.1) is 0 Å². The highest BCUT2D eigenvalue weighted by molar-refractivity contribution is 5.95. The molecule has 0 atom stereocenters. The molecule has 19 heavy (non-hydrogen) atoms. The van der Waals surface area contributed by atoms with E-state index >= 15 is 0 Å². The molecule has 0 saturated carbocycles. The number of aliphatic imine (C=N–C) groups is 2. The van der Waals surface area contributed by atoms with Crippen LogP contribution in [-0.2, 0) is 6.54 Å². The SMILES string of the molecule is C=N/C=C\NCC1=CC=C=CC(Cn2ccnc2)=N1. The van der Waals surface area contributed by atoms with Crippen molar-refractivity contribution in [3.8, 4) is 0 Å². The Balaban J connectivity index is 2.00. The monoisotopic (exact) mass is 253 g/mol. The van der Waals surface area contributed by atoms with Gasteiger partial charge in [0.05, 0.1) is 30.8 Å². The number of aromatic nitrogens is 2. The van der Waals surface area contributed by atoms with Gasteiger partial charge in [0.15, 0.2) is 0 Å². The van der Waals surface area contributed by atoms with Gasteiger partial charge >= 0.3 is 0 Å². The zero-order chi connectivity index (χ0) is 13.3. The molecule has 0 aliphatic carbocycles. The maximum atomic E-state index is 4.59. The summed E-state index contributed by atoms with van der Waals surface area (Å²) in [6.07, 6.45) is 14.4. The highest BCUT2D eigenvalue weighted by Gasteiger charge is 2.01. The minimum Gasteiger partial charge on any atom is -0.384 e. The Morgan fingerprint density at radius 1 is 1.53 bits per heavy atom. The molecule has 0 saturated heterocycles. The van der Waals surface area contributed by atoms with Crippen molar-refractivity contribution in [2.24, 2.45) is 9.98 Å². The molecule has 0 bridgehead atoms. The van der Waals surface area contributed by atoms with Crippen LogP contribution in [0.5, 0.6) is 0 Å². The van der Waals surface area contributed by atoms with Crippen LogP contribution in [0.25, 0.3) is 0 Å². The highest BCUT2D eigenvalue weighted by Crippen LogP contribution is 2.03. The number of nitrogens with one attached hydrogen (secondary N) is 1. The van der Waals surface area contributed by atoms with Crippen molar-refractivity contribution in [1.82, 2.24) is 14.9 Å². The fourth-order valence-electron chi connectivity index (χ4n) is 1.56. The Kier molecular flexibility index (Phi) is 4.67. The molecule has 1 aromatic heterocycles. The van der Waals surface area contributed by atoms with Gasteiger partial charge in [0.2, 0.25) is 0 Å². The number of hydrogen-bond acceptors (Lipinski definition) is 4. The maximum Gasteiger partial charge on any atom is 0.0949 e. The van der Waals surface area contributed by atoms with Crippen LogP contribution in [0.3, 0.4) is 0 Å². The lowest BCUT2D eigenvalue weighted by molar-refractivity contribution is 0.846. The molecule has 5 heteroatoms. The van der Waals surface area contributed by atoms with Gasteiger partial charge in [0, 0.05) is 30.9 Å². The van der Waals surface area contributed by atoms with Gasteiger partial charge in [-0.2, -0.15) is 0 Å². The lowest BCUT2D eigenvalue weighted by Gasteiger charge is -2.04. The van der Waals surface area contributed by atoms with Gasteiger partial charge in [-0.1, -0.05) is 0 Å². The molecule has 0 aromatic carbocycles. The second-order valence-electron chi connectivity index (χ2n) is 3.85. The van der Waals surface area contributed by atoms with E-state index in [2.05, 4.69) is 32.7 Å². The Morgan fingerprint density at radius 2 is 2.47 bits per heavy atom. The summed E-state index contributed by atoms with van der Waals surface area (Å²) in [4.78, 5) is 12.2. The van der Waals surface area contributed by atoms with Gasteiger partial charge in [-0.3, -0.25) is 9.98 Å². The predicted octanol–water partition coefficient (Wildman–Crippen LogP) is 1.69. The molecule has 96 valence electrons. The Labute approximate surface area is 112 Å². The van der Waals surface area contributed by atoms with Crippen molar-refractivity contribution in [2.75, 3.05) is 6.54 Å². The minimum atomic E-state index is 0.630. The average Bonchev–Trinajstić information content (AvgIpc) is 2.81. The molecule has 2 heterocycles. The van der Waals surface area contributed by atoms with Gasteiger partial charge < -0.3 is 9.88 Å². The minimum absolute atomic E-state index is 0.630. The third kappa shape index (κ3) is 4.26. The second kappa shape index (κ2) is 6.93. The summed E-state index contributed by atoms with van der Waals surface area (Å²) in [7, 11) is 0. The molecule has 0 fully saturated rings. The molecular weight excluding hydrogens is 238 g/mol. The molecular formula is C14H15N5. The molecule has 2 rings (SSSR count). The number of imidazole rings is 1. The Bertz CT molecular complexity index is 569. The van der Waals surface area contributed by atoms with E-state index in [0.717, 1.165) is 11.4 Å². The van der Waals surface area contributed by atoms with Crippen LogP contribution in [0.4, 0.5) is 0 Å². The fraction of sp³-hybridized carbons (Fsp3) is 0.143. The van der Waals surface area contributed by atoms with Crippen molar-refractivity contribution in [3.63, 3.8) is 0 Å². The van der Waals surface area contributed by atoms with Crippen molar-refractivity contribution >= 4 is 12.4 Å². The fourth-order valence-corrected chi connectivity index (χ4v) is 1.56. The van der Waals surface area contributed by atoms with Crippen LogP contribution >= 0.6 is 0 Å². The largest absolute Gasteiger partial charge is 0.384 e. The van der Waals surface area contributed by atoms with E-state index in [0.29, 0.717) is 13.1 Å². The smallest absolute Gasteiger partial charge is 0.0949 e. The van der Waals surface area contributed by atoms with Crippen molar-refractivity contribution < 1.29 is 0 Å². The summed E-state index contributed by atoms with van der Waals surface area (Å²) in [5.74, 6) is 0. The molecule has 0 radical (unpaired) electrons. The lowest BCUT2D eigenvalue weighted by Crippen LogP contribution is -2.11. The summed E-state index contributed by atoms with van der Waals surface area (Å²) >= 11 is 0. The molecule has 5 nitrogen and oxygen atoms in total. The quantitative estimate of drug-likeness (QED) is 0.619. The second-order valence-corrected chi connectivity index (χ2v) is 3.85. The van der Waals surface area contributed by atoms with Gasteiger partial charge in [-0.05, 0) is 18.9 Å². The van der Waals surface area contributed by atoms with Crippen molar-refractivity contribution in [1.29, 1.82) is 0 Å². The molecule has 1 aromatic rings. The van der Waals surface area contributed by atoms with E-state index in [4.69, 9.17) is 0 Å². The first-order chi connectivity index (χ1) is 9.38. The van der Waals surface area contributed by atoms with Crippen LogP contribution in [0.2, 0.25) is 0 Å². The van der Waals surface area contributed by atoms with Gasteiger partial charge in [0.25, 0.3) is 0 Å². The Hall–Kier alpha value is -2.65. The Morgan fingerprint density at radius 3 is 3.26 bits per heavy atom. The van der Waals surface area contributed by atoms with Gasteiger partial charge in [-0.15, -0.1) is 5.73 Å². The maximum absolute atomic E-state index is 4.59. The highest BCUT2D eigenvalue weighted by atomic mass is 15.0. The summed E-state index contributed by atoms with van der Waals surface area (Å²) in [6.45, 7) is 4.68. The van der Waals surface area contributed by atoms with Crippen LogP contribution < -0.4 is 5.32 Å². The zero-order valence-electron chi connectivity index (χ0n) is 10.5. The summed E-state index contributed by atoms with van der Waals surface area (Å²) in [5.41, 5.74) is 4.95. The number of hydrogen-bond donors (Lipinski definition) is 1. The topological polar surface area (TPSA) is 54.6 Å². The lowest BCUT2D eigenvalue weighted by atomic mass is 10.3. The molecule has 1 aliphatic rings. The van der Waals surface area contributed by atoms with Crippen molar-refractivity contribution in [2.45, 2.75) is 6.54 Å². The van der Waals surface area contributed by atoms with E-state index in [1.165, 1.54) is 0 Å². The number of rotatable bonds is 6. The van der Waals surface area contributed by atoms with Crippen molar-refractivity contribution in [3.05, 3.63) is 60.8 Å². The van der Waals surface area contributed by atoms with E-state index < -0.39 is 0 Å². The van der Waals surface area contributed by atoms with Gasteiger partial charge in [-0.25, -0.2) is 4.98 Å². The summed E-state index contributed by atoms with van der Waals surface area (Å²) in [6, 6.07) is 0. The van der Waals surface area contributed by atoms with Gasteiger partial charge in [0.1, 0.15) is 0 Å². The third-order valence-corrected chi connectivity index (χ3v) is 2.39. The molecule has 0 unspecified atom stereocenters. The molecule has 0 spiro atoms. The first-order valence-corrected chi connectivity index (χ1v) is 5.87. The van der Waals surface area contributed by atoms with Crippen LogP contribution in [-0.4, -0.2) is 28.5 Å². The van der Waals surface area contributed by atoms with E-state index in [-0.39, 0.29) is 0 Å². The molecule has 1 aliphatic heterocycles. The van der Waals surface area contributed by atoms with E-state index in [1.807, 2.05) is 29.0 Å². The molecule has 0 amide bonds. The van der Waals surface area contributed by atoms with Crippen LogP contribution in [0.1, 0.15) is 0 Å². The zero-order valence-corrected chi connectivity index (χ0v) is 10.5. The predicted molar refractivity (Wildman–Crippen MR) is 77.1 cm³/mol. The third-order valence-electron chi connectivity index (χ3n) is 2.39. The normalized spacial score (nSPS) is 14.1. The summed E-state index contributed by atoms with van der Waals surface area (Å²) < 4.78 is 1.97. The van der Waals surface area contributed by atoms with E-state index in [1.54, 1.807) is 24.9 Å². The standard InChI is InChI=1S/C14H15N5/c1-15-6-7-16-10-13-4-2-3-5-14(18-13)11-19-9-8-17-12-19/h2,4-9,12,16H,1,10-11H2/b7-6-. The molecule has 1 N–H and O–H groups in total. The summed E-state index contributed by atoms with van der Waals surface area (Å²) in [5, 5.41) is 3.09. The average molecular weight is 253 g/mol. The van der Waals surface area contributed by atoms with E-state index in [9.17, 15) is 0 Å².